The minimum atomic E-state index is -0.630. The SMILES string of the molecule is C=CC(=O)OCCOC(=O)CCCOOc1ccc(/C=N/N=C/c2ccc(C)cc2)cc1F. The summed E-state index contributed by atoms with van der Waals surface area (Å²) in [6.45, 7) is 5.21. The lowest BCUT2D eigenvalue weighted by Crippen LogP contribution is -2.13. The standard InChI is InChI=1S/C24H25FN2O6/c1-3-23(28)30-13-14-31-24(29)5-4-12-32-33-22-11-10-20(15-21(22)25)17-27-26-16-19-8-6-18(2)7-9-19/h3,6-11,15-17H,1,4-5,12-14H2,2H3/b26-16+,27-17+. The highest BCUT2D eigenvalue weighted by molar-refractivity contribution is 5.83. The number of rotatable bonds is 13. The number of hydrogen-bond donors (Lipinski definition) is 0. The number of hydrogen-bond acceptors (Lipinski definition) is 8. The molecule has 33 heavy (non-hydrogen) atoms. The van der Waals surface area contributed by atoms with Gasteiger partial charge < -0.3 is 14.4 Å². The molecule has 9 heteroatoms. The Morgan fingerprint density at radius 3 is 2.33 bits per heavy atom. The van der Waals surface area contributed by atoms with Gasteiger partial charge in [-0.2, -0.15) is 15.1 Å². The summed E-state index contributed by atoms with van der Waals surface area (Å²) in [7, 11) is 0. The highest BCUT2D eigenvalue weighted by Crippen LogP contribution is 2.18. The summed E-state index contributed by atoms with van der Waals surface area (Å²) < 4.78 is 23.7. The molecule has 0 unspecified atom stereocenters. The van der Waals surface area contributed by atoms with E-state index < -0.39 is 17.8 Å². The number of nitrogens with zero attached hydrogens (tertiary/aromatic N) is 2. The van der Waals surface area contributed by atoms with E-state index in [0.717, 1.165) is 17.2 Å². The molecule has 0 radical (unpaired) electrons. The molecular weight excluding hydrogens is 431 g/mol. The molecule has 0 aromatic heterocycles. The highest BCUT2D eigenvalue weighted by atomic mass is 19.1. The molecule has 2 aromatic carbocycles. The maximum atomic E-state index is 14.1. The highest BCUT2D eigenvalue weighted by Gasteiger charge is 2.07. The second-order valence-corrected chi connectivity index (χ2v) is 6.69. The Morgan fingerprint density at radius 2 is 1.64 bits per heavy atom. The van der Waals surface area contributed by atoms with Gasteiger partial charge in [-0.25, -0.2) is 9.18 Å². The summed E-state index contributed by atoms with van der Waals surface area (Å²) in [5.41, 5.74) is 2.56. The average molecular weight is 456 g/mol. The molecule has 0 N–H and O–H groups in total. The topological polar surface area (TPSA) is 95.8 Å². The third-order valence-electron chi connectivity index (χ3n) is 4.03. The zero-order chi connectivity index (χ0) is 23.9. The van der Waals surface area contributed by atoms with Crippen LogP contribution in [-0.2, 0) is 24.0 Å². The molecule has 0 aliphatic heterocycles. The van der Waals surface area contributed by atoms with Crippen LogP contribution in [0.4, 0.5) is 4.39 Å². The smallest absolute Gasteiger partial charge is 0.330 e. The van der Waals surface area contributed by atoms with Crippen LogP contribution in [0.5, 0.6) is 5.75 Å². The predicted molar refractivity (Wildman–Crippen MR) is 121 cm³/mol. The van der Waals surface area contributed by atoms with Crippen molar-refractivity contribution in [2.24, 2.45) is 10.2 Å². The van der Waals surface area contributed by atoms with Gasteiger partial charge in [-0.15, -0.1) is 0 Å². The van der Waals surface area contributed by atoms with Crippen molar-refractivity contribution in [2.45, 2.75) is 19.8 Å². The van der Waals surface area contributed by atoms with Gasteiger partial charge in [0.25, 0.3) is 0 Å². The van der Waals surface area contributed by atoms with E-state index in [1.807, 2.05) is 31.2 Å². The molecule has 0 saturated heterocycles. The largest absolute Gasteiger partial charge is 0.462 e. The van der Waals surface area contributed by atoms with Gasteiger partial charge in [0.1, 0.15) is 13.2 Å². The van der Waals surface area contributed by atoms with Crippen molar-refractivity contribution in [3.8, 4) is 5.75 Å². The third-order valence-corrected chi connectivity index (χ3v) is 4.03. The van der Waals surface area contributed by atoms with E-state index in [2.05, 4.69) is 21.5 Å². The van der Waals surface area contributed by atoms with Gasteiger partial charge in [0.15, 0.2) is 5.82 Å². The van der Waals surface area contributed by atoms with Crippen LogP contribution < -0.4 is 4.89 Å². The summed E-state index contributed by atoms with van der Waals surface area (Å²) >= 11 is 0. The molecule has 0 atom stereocenters. The van der Waals surface area contributed by atoms with Crippen LogP contribution in [0.25, 0.3) is 0 Å². The van der Waals surface area contributed by atoms with Gasteiger partial charge in [0.2, 0.25) is 5.75 Å². The molecule has 174 valence electrons. The number of ether oxygens (including phenoxy) is 2. The van der Waals surface area contributed by atoms with Crippen LogP contribution in [0.2, 0.25) is 0 Å². The Balaban J connectivity index is 1.65. The molecule has 0 aliphatic rings. The van der Waals surface area contributed by atoms with Crippen molar-refractivity contribution < 1.29 is 33.2 Å². The van der Waals surface area contributed by atoms with Gasteiger partial charge in [-0.3, -0.25) is 4.79 Å². The Kier molecular flexibility index (Phi) is 11.0. The summed E-state index contributed by atoms with van der Waals surface area (Å²) in [6.07, 6.45) is 4.41. The van der Waals surface area contributed by atoms with Crippen LogP contribution in [0.1, 0.15) is 29.5 Å². The average Bonchev–Trinajstić information content (AvgIpc) is 2.81. The third kappa shape index (κ3) is 10.3. The van der Waals surface area contributed by atoms with Gasteiger partial charge >= 0.3 is 11.9 Å². The molecular formula is C24H25FN2O6. The molecule has 0 aliphatic carbocycles. The van der Waals surface area contributed by atoms with Crippen molar-refractivity contribution in [1.82, 2.24) is 0 Å². The Labute approximate surface area is 191 Å². The fraction of sp³-hybridized carbons (Fsp3) is 0.250. The molecule has 2 rings (SSSR count). The summed E-state index contributed by atoms with van der Waals surface area (Å²) in [4.78, 5) is 32.2. The van der Waals surface area contributed by atoms with Crippen LogP contribution in [-0.4, -0.2) is 44.2 Å². The first kappa shape index (κ1) is 25.4. The van der Waals surface area contributed by atoms with E-state index in [4.69, 9.17) is 14.5 Å². The van der Waals surface area contributed by atoms with Gasteiger partial charge in [0.05, 0.1) is 19.0 Å². The molecule has 0 bridgehead atoms. The Morgan fingerprint density at radius 1 is 0.970 bits per heavy atom. The summed E-state index contributed by atoms with van der Waals surface area (Å²) in [6, 6.07) is 12.0. The second kappa shape index (κ2) is 14.3. The van der Waals surface area contributed by atoms with Crippen molar-refractivity contribution in [3.05, 3.63) is 77.6 Å². The van der Waals surface area contributed by atoms with E-state index in [0.29, 0.717) is 12.0 Å². The van der Waals surface area contributed by atoms with Crippen molar-refractivity contribution in [2.75, 3.05) is 19.8 Å². The summed E-state index contributed by atoms with van der Waals surface area (Å²) in [5, 5.41) is 7.85. The Bertz CT molecular complexity index is 989. The first-order valence-electron chi connectivity index (χ1n) is 10.1. The number of benzene rings is 2. The van der Waals surface area contributed by atoms with E-state index >= 15 is 0 Å². The van der Waals surface area contributed by atoms with E-state index in [9.17, 15) is 14.0 Å². The zero-order valence-electron chi connectivity index (χ0n) is 18.2. The number of carbonyl (C=O) groups excluding carboxylic acids is 2. The minimum absolute atomic E-state index is 0.0463. The van der Waals surface area contributed by atoms with Crippen LogP contribution in [0, 0.1) is 12.7 Å². The normalized spacial score (nSPS) is 11.0. The van der Waals surface area contributed by atoms with Crippen molar-refractivity contribution in [1.29, 1.82) is 0 Å². The molecule has 2 aromatic rings. The van der Waals surface area contributed by atoms with Gasteiger partial charge in [-0.1, -0.05) is 36.4 Å². The maximum Gasteiger partial charge on any atom is 0.330 e. The van der Waals surface area contributed by atoms with Crippen molar-refractivity contribution >= 4 is 24.4 Å². The lowest BCUT2D eigenvalue weighted by Gasteiger charge is -2.07. The van der Waals surface area contributed by atoms with E-state index in [-0.39, 0.29) is 32.0 Å². The number of carbonyl (C=O) groups is 2. The van der Waals surface area contributed by atoms with Gasteiger partial charge in [-0.05, 0) is 42.7 Å². The van der Waals surface area contributed by atoms with Gasteiger partial charge in [0, 0.05) is 12.5 Å². The quantitative estimate of drug-likeness (QED) is 0.113. The summed E-state index contributed by atoms with van der Waals surface area (Å²) in [5.74, 6) is -1.79. The monoisotopic (exact) mass is 456 g/mol. The number of esters is 2. The van der Waals surface area contributed by atoms with Crippen LogP contribution in [0.15, 0.2) is 65.3 Å². The molecule has 0 spiro atoms. The first-order valence-corrected chi connectivity index (χ1v) is 10.1. The fourth-order valence-electron chi connectivity index (χ4n) is 2.33. The molecule has 0 amide bonds. The van der Waals surface area contributed by atoms with E-state index in [1.54, 1.807) is 12.3 Å². The molecule has 0 heterocycles. The maximum absolute atomic E-state index is 14.1. The first-order chi connectivity index (χ1) is 16.0. The number of halogens is 1. The molecule has 0 fully saturated rings. The Hall–Kier alpha value is -3.85. The predicted octanol–water partition coefficient (Wildman–Crippen LogP) is 3.95. The fourth-order valence-corrected chi connectivity index (χ4v) is 2.33. The molecule has 8 nitrogen and oxygen atoms in total. The zero-order valence-corrected chi connectivity index (χ0v) is 18.2. The molecule has 0 saturated carbocycles. The lowest BCUT2D eigenvalue weighted by molar-refractivity contribution is -0.209. The second-order valence-electron chi connectivity index (χ2n) is 6.69. The number of aryl methyl sites for hydroxylation is 1. The van der Waals surface area contributed by atoms with E-state index in [1.165, 1.54) is 18.3 Å². The van der Waals surface area contributed by atoms with Crippen LogP contribution in [0.3, 0.4) is 0 Å². The van der Waals surface area contributed by atoms with Crippen molar-refractivity contribution in [3.63, 3.8) is 0 Å². The lowest BCUT2D eigenvalue weighted by atomic mass is 10.2. The minimum Gasteiger partial charge on any atom is -0.462 e. The van der Waals surface area contributed by atoms with Crippen LogP contribution >= 0.6 is 0 Å².